The predicted octanol–water partition coefficient (Wildman–Crippen LogP) is 4.00. The molecule has 1 amide bonds. The summed E-state index contributed by atoms with van der Waals surface area (Å²) in [5, 5.41) is 10.2. The van der Waals surface area contributed by atoms with E-state index in [9.17, 15) is 4.79 Å². The van der Waals surface area contributed by atoms with Crippen molar-refractivity contribution >= 4 is 34.3 Å². The van der Waals surface area contributed by atoms with Gasteiger partial charge in [0.05, 0.1) is 24.6 Å². The fourth-order valence-corrected chi connectivity index (χ4v) is 4.72. The van der Waals surface area contributed by atoms with Crippen LogP contribution in [0.25, 0.3) is 0 Å². The van der Waals surface area contributed by atoms with Crippen LogP contribution in [-0.4, -0.2) is 34.7 Å². The lowest BCUT2D eigenvalue weighted by Crippen LogP contribution is -2.62. The third-order valence-electron chi connectivity index (χ3n) is 5.01. The number of benzene rings is 2. The third kappa shape index (κ3) is 2.64. The second kappa shape index (κ2) is 6.07. The highest BCUT2D eigenvalue weighted by atomic mass is 35.5. The summed E-state index contributed by atoms with van der Waals surface area (Å²) in [6.07, 6.45) is 0.700. The van der Waals surface area contributed by atoms with E-state index in [0.717, 1.165) is 28.3 Å². The van der Waals surface area contributed by atoms with Gasteiger partial charge in [0.2, 0.25) is 0 Å². The Labute approximate surface area is 165 Å². The van der Waals surface area contributed by atoms with Crippen LogP contribution in [0, 0.1) is 0 Å². The van der Waals surface area contributed by atoms with Gasteiger partial charge in [0.25, 0.3) is 11.1 Å². The molecule has 0 unspecified atom stereocenters. The van der Waals surface area contributed by atoms with Crippen LogP contribution >= 0.6 is 23.4 Å². The van der Waals surface area contributed by atoms with Crippen LogP contribution in [-0.2, 0) is 0 Å². The van der Waals surface area contributed by atoms with E-state index >= 15 is 0 Å². The number of ether oxygens (including phenoxy) is 2. The minimum atomic E-state index is -0.971. The maximum Gasteiger partial charge on any atom is 0.289 e. The van der Waals surface area contributed by atoms with Crippen LogP contribution in [0.5, 0.6) is 11.5 Å². The fraction of sp³-hybridized carbons (Fsp3) is 0.263. The molecular weight excluding hydrogens is 386 g/mol. The summed E-state index contributed by atoms with van der Waals surface area (Å²) < 4.78 is 11.5. The van der Waals surface area contributed by atoms with Crippen LogP contribution in [0.3, 0.4) is 0 Å². The van der Waals surface area contributed by atoms with E-state index in [0.29, 0.717) is 17.2 Å². The van der Waals surface area contributed by atoms with Crippen LogP contribution < -0.4 is 14.8 Å². The Hall–Kier alpha value is -2.38. The molecule has 1 N–H and O–H groups in total. The van der Waals surface area contributed by atoms with E-state index in [1.54, 1.807) is 13.2 Å². The maximum absolute atomic E-state index is 12.0. The van der Waals surface area contributed by atoms with Crippen molar-refractivity contribution in [1.82, 2.24) is 10.3 Å². The molecular formula is C19H16ClN3O3S. The van der Waals surface area contributed by atoms with Crippen molar-refractivity contribution in [1.29, 1.82) is 0 Å². The number of halogens is 1. The molecule has 0 bridgehead atoms. The van der Waals surface area contributed by atoms with Gasteiger partial charge in [0.1, 0.15) is 11.5 Å². The largest absolute Gasteiger partial charge is 0.497 e. The van der Waals surface area contributed by atoms with Crippen molar-refractivity contribution in [3.63, 3.8) is 0 Å². The Bertz CT molecular complexity index is 965. The standard InChI is InChI=1S/C19H16ClN3O3S/c1-25-13-5-2-11(3-6-13)15-9-16-14-8-12(20)4-7-17(14)26-19(23(16)22-15)10-27-18(24)21-19/h2-8,16H,9-10H2,1H3,(H,21,24)/t16-,19-/m1/s1. The summed E-state index contributed by atoms with van der Waals surface area (Å²) in [6, 6.07) is 13.3. The van der Waals surface area contributed by atoms with Crippen molar-refractivity contribution in [2.75, 3.05) is 12.9 Å². The van der Waals surface area contributed by atoms with Gasteiger partial charge in [-0.1, -0.05) is 23.4 Å². The summed E-state index contributed by atoms with van der Waals surface area (Å²) in [5.74, 6) is 1.02. The first-order valence-electron chi connectivity index (χ1n) is 8.53. The number of hydrogen-bond donors (Lipinski definition) is 1. The number of nitrogens with one attached hydrogen (secondary N) is 1. The number of thioether (sulfide) groups is 1. The number of carbonyl (C=O) groups is 1. The molecule has 5 rings (SSSR count). The lowest BCUT2D eigenvalue weighted by molar-refractivity contribution is -0.111. The second-order valence-corrected chi connectivity index (χ2v) is 7.99. The summed E-state index contributed by atoms with van der Waals surface area (Å²) in [5.41, 5.74) is 2.93. The van der Waals surface area contributed by atoms with Crippen LogP contribution in [0.1, 0.15) is 23.6 Å². The lowest BCUT2D eigenvalue weighted by atomic mass is 9.96. The molecule has 6 nitrogen and oxygen atoms in total. The molecule has 2 aromatic carbocycles. The molecule has 0 radical (unpaired) electrons. The molecule has 3 aliphatic rings. The second-order valence-electron chi connectivity index (χ2n) is 6.61. The first-order valence-corrected chi connectivity index (χ1v) is 9.89. The molecule has 1 fully saturated rings. The van der Waals surface area contributed by atoms with E-state index in [1.807, 2.05) is 41.4 Å². The van der Waals surface area contributed by atoms with E-state index in [2.05, 4.69) is 5.32 Å². The Balaban J connectivity index is 1.58. The van der Waals surface area contributed by atoms with Crippen molar-refractivity contribution in [3.8, 4) is 11.5 Å². The molecule has 27 heavy (non-hydrogen) atoms. The molecule has 2 aromatic rings. The predicted molar refractivity (Wildman–Crippen MR) is 105 cm³/mol. The van der Waals surface area contributed by atoms with Gasteiger partial charge in [-0.05, 0) is 48.0 Å². The fourth-order valence-electron chi connectivity index (χ4n) is 3.72. The highest BCUT2D eigenvalue weighted by molar-refractivity contribution is 8.14. The Morgan fingerprint density at radius 1 is 1.33 bits per heavy atom. The summed E-state index contributed by atoms with van der Waals surface area (Å²) in [4.78, 5) is 12.0. The summed E-state index contributed by atoms with van der Waals surface area (Å²) >= 11 is 7.43. The SMILES string of the molecule is COc1ccc(C2=NN3[C@H](C2)c2cc(Cl)ccc2O[C@@]32CSC(=O)N2)cc1. The van der Waals surface area contributed by atoms with Crippen LogP contribution in [0.4, 0.5) is 4.79 Å². The van der Waals surface area contributed by atoms with Gasteiger partial charge in [-0.15, -0.1) is 0 Å². The number of nitrogens with zero attached hydrogens (tertiary/aromatic N) is 2. The minimum Gasteiger partial charge on any atom is -0.497 e. The molecule has 3 heterocycles. The Morgan fingerprint density at radius 3 is 2.85 bits per heavy atom. The molecule has 3 aliphatic heterocycles. The average Bonchev–Trinajstić information content (AvgIpc) is 3.28. The quantitative estimate of drug-likeness (QED) is 0.824. The van der Waals surface area contributed by atoms with Crippen LogP contribution in [0.2, 0.25) is 5.02 Å². The number of amides is 1. The molecule has 1 spiro atoms. The molecule has 1 saturated heterocycles. The van der Waals surface area contributed by atoms with E-state index in [4.69, 9.17) is 26.2 Å². The monoisotopic (exact) mass is 401 g/mol. The highest BCUT2D eigenvalue weighted by Crippen LogP contribution is 2.49. The topological polar surface area (TPSA) is 63.2 Å². The number of fused-ring (bicyclic) bond motifs is 4. The first-order chi connectivity index (χ1) is 13.1. The Morgan fingerprint density at radius 2 is 2.15 bits per heavy atom. The van der Waals surface area contributed by atoms with Gasteiger partial charge in [-0.3, -0.25) is 10.1 Å². The van der Waals surface area contributed by atoms with E-state index in [-0.39, 0.29) is 11.3 Å². The highest BCUT2D eigenvalue weighted by Gasteiger charge is 2.55. The van der Waals surface area contributed by atoms with Crippen molar-refractivity contribution in [2.45, 2.75) is 18.3 Å². The number of hydrazone groups is 1. The van der Waals surface area contributed by atoms with Gasteiger partial charge in [0.15, 0.2) is 0 Å². The molecule has 8 heteroatoms. The smallest absolute Gasteiger partial charge is 0.289 e. The van der Waals surface area contributed by atoms with Gasteiger partial charge < -0.3 is 9.47 Å². The Kier molecular flexibility index (Phi) is 3.77. The van der Waals surface area contributed by atoms with Crippen molar-refractivity contribution in [2.24, 2.45) is 5.10 Å². The van der Waals surface area contributed by atoms with Gasteiger partial charge >= 0.3 is 0 Å². The molecule has 2 atom stereocenters. The zero-order chi connectivity index (χ0) is 18.6. The van der Waals surface area contributed by atoms with Crippen LogP contribution in [0.15, 0.2) is 47.6 Å². The molecule has 0 aromatic heterocycles. The minimum absolute atomic E-state index is 0.0523. The summed E-state index contributed by atoms with van der Waals surface area (Å²) in [6.45, 7) is 0. The van der Waals surface area contributed by atoms with Gasteiger partial charge in [-0.2, -0.15) is 5.10 Å². The maximum atomic E-state index is 12.0. The van der Waals surface area contributed by atoms with E-state index < -0.39 is 5.85 Å². The van der Waals surface area contributed by atoms with Crippen molar-refractivity contribution < 1.29 is 14.3 Å². The first kappa shape index (κ1) is 16.8. The summed E-state index contributed by atoms with van der Waals surface area (Å²) in [7, 11) is 1.64. The van der Waals surface area contributed by atoms with Gasteiger partial charge in [0, 0.05) is 17.0 Å². The van der Waals surface area contributed by atoms with E-state index in [1.165, 1.54) is 11.8 Å². The molecule has 0 aliphatic carbocycles. The molecule has 0 saturated carbocycles. The number of methoxy groups -OCH3 is 1. The zero-order valence-electron chi connectivity index (χ0n) is 14.4. The van der Waals surface area contributed by atoms with Crippen molar-refractivity contribution in [3.05, 3.63) is 58.6 Å². The number of hydrogen-bond acceptors (Lipinski definition) is 6. The lowest BCUT2D eigenvalue weighted by Gasteiger charge is -2.44. The molecule has 138 valence electrons. The average molecular weight is 402 g/mol. The number of rotatable bonds is 2. The third-order valence-corrected chi connectivity index (χ3v) is 6.14. The normalized spacial score (nSPS) is 25.6. The zero-order valence-corrected chi connectivity index (χ0v) is 16.0. The number of carbonyl (C=O) groups excluding carboxylic acids is 1. The van der Waals surface area contributed by atoms with Gasteiger partial charge in [-0.25, -0.2) is 5.01 Å².